The molecule has 0 saturated carbocycles. The number of aromatic nitrogens is 2. The van der Waals surface area contributed by atoms with Crippen molar-refractivity contribution in [1.82, 2.24) is 9.97 Å². The third-order valence-electron chi connectivity index (χ3n) is 3.00. The number of rotatable bonds is 6. The van der Waals surface area contributed by atoms with Crippen LogP contribution < -0.4 is 5.32 Å². The molecule has 5 heteroatoms. The molecule has 0 radical (unpaired) electrons. The zero-order valence-corrected chi connectivity index (χ0v) is 11.9. The van der Waals surface area contributed by atoms with E-state index in [2.05, 4.69) is 15.3 Å². The van der Waals surface area contributed by atoms with Gasteiger partial charge in [-0.3, -0.25) is 9.78 Å². The molecule has 1 amide bonds. The van der Waals surface area contributed by atoms with Crippen molar-refractivity contribution in [2.45, 2.75) is 26.2 Å². The van der Waals surface area contributed by atoms with Crippen molar-refractivity contribution in [2.75, 3.05) is 5.32 Å². The first kappa shape index (κ1) is 14.8. The van der Waals surface area contributed by atoms with Gasteiger partial charge in [-0.25, -0.2) is 4.98 Å². The second-order valence-corrected chi connectivity index (χ2v) is 4.80. The van der Waals surface area contributed by atoms with Gasteiger partial charge in [-0.2, -0.15) is 0 Å². The fourth-order valence-corrected chi connectivity index (χ4v) is 1.91. The Morgan fingerprint density at radius 2 is 1.90 bits per heavy atom. The van der Waals surface area contributed by atoms with Crippen molar-refractivity contribution in [3.8, 4) is 0 Å². The minimum Gasteiger partial charge on any atom is -0.321 e. The number of amides is 1. The van der Waals surface area contributed by atoms with E-state index in [0.717, 1.165) is 18.4 Å². The van der Waals surface area contributed by atoms with E-state index < -0.39 is 0 Å². The Labute approximate surface area is 123 Å². The predicted octanol–water partition coefficient (Wildman–Crippen LogP) is 2.64. The van der Waals surface area contributed by atoms with Gasteiger partial charge in [-0.15, -0.1) is 0 Å². The average Bonchev–Trinajstić information content (AvgIpc) is 2.49. The zero-order chi connectivity index (χ0) is 15.1. The summed E-state index contributed by atoms with van der Waals surface area (Å²) < 4.78 is 0. The summed E-state index contributed by atoms with van der Waals surface area (Å²) in [5.41, 5.74) is 2.14. The lowest BCUT2D eigenvalue weighted by Crippen LogP contribution is -2.13. The van der Waals surface area contributed by atoms with E-state index in [1.54, 1.807) is 6.92 Å². The third-order valence-corrected chi connectivity index (χ3v) is 3.00. The van der Waals surface area contributed by atoms with Gasteiger partial charge in [0.2, 0.25) is 0 Å². The molecule has 0 atom stereocenters. The molecule has 0 fully saturated rings. The van der Waals surface area contributed by atoms with E-state index in [1.165, 1.54) is 18.6 Å². The molecule has 0 bridgehead atoms. The first-order valence-electron chi connectivity index (χ1n) is 6.81. The summed E-state index contributed by atoms with van der Waals surface area (Å²) in [7, 11) is 0. The summed E-state index contributed by atoms with van der Waals surface area (Å²) in [4.78, 5) is 30.6. The molecule has 0 spiro atoms. The highest BCUT2D eigenvalue weighted by molar-refractivity contribution is 6.02. The van der Waals surface area contributed by atoms with Crippen LogP contribution in [0.1, 0.15) is 35.8 Å². The van der Waals surface area contributed by atoms with Crippen molar-refractivity contribution in [3.63, 3.8) is 0 Å². The molecule has 1 aromatic carbocycles. The monoisotopic (exact) mass is 283 g/mol. The summed E-state index contributed by atoms with van der Waals surface area (Å²) in [6, 6.07) is 7.59. The number of ketones is 1. The fourth-order valence-electron chi connectivity index (χ4n) is 1.91. The molecule has 0 aliphatic heterocycles. The van der Waals surface area contributed by atoms with Crippen LogP contribution in [-0.2, 0) is 11.2 Å². The number of benzene rings is 1. The van der Waals surface area contributed by atoms with Gasteiger partial charge >= 0.3 is 0 Å². The van der Waals surface area contributed by atoms with E-state index in [1.807, 2.05) is 24.3 Å². The lowest BCUT2D eigenvalue weighted by Gasteiger charge is -2.06. The maximum atomic E-state index is 11.9. The quantitative estimate of drug-likeness (QED) is 0.884. The molecule has 1 N–H and O–H groups in total. The van der Waals surface area contributed by atoms with E-state index in [4.69, 9.17) is 0 Å². The Kier molecular flexibility index (Phi) is 5.15. The van der Waals surface area contributed by atoms with Crippen LogP contribution in [0.25, 0.3) is 0 Å². The van der Waals surface area contributed by atoms with Gasteiger partial charge in [0.25, 0.3) is 5.91 Å². The standard InChI is InChI=1S/C16H17N3O2/c1-12(20)3-2-4-13-5-7-14(8-6-13)19-16(21)15-11-17-9-10-18-15/h5-11H,2-4H2,1H3,(H,19,21). The van der Waals surface area contributed by atoms with E-state index in [9.17, 15) is 9.59 Å². The van der Waals surface area contributed by atoms with Crippen molar-refractivity contribution in [1.29, 1.82) is 0 Å². The Bertz CT molecular complexity index is 609. The Morgan fingerprint density at radius 1 is 1.14 bits per heavy atom. The van der Waals surface area contributed by atoms with Crippen molar-refractivity contribution < 1.29 is 9.59 Å². The molecular weight excluding hydrogens is 266 g/mol. The largest absolute Gasteiger partial charge is 0.321 e. The minimum absolute atomic E-state index is 0.211. The van der Waals surface area contributed by atoms with E-state index in [-0.39, 0.29) is 17.4 Å². The van der Waals surface area contributed by atoms with Gasteiger partial charge in [0.1, 0.15) is 11.5 Å². The highest BCUT2D eigenvalue weighted by Crippen LogP contribution is 2.12. The van der Waals surface area contributed by atoms with Crippen molar-refractivity contribution in [2.24, 2.45) is 0 Å². The molecular formula is C16H17N3O2. The molecule has 0 aliphatic carbocycles. The molecule has 1 heterocycles. The lowest BCUT2D eigenvalue weighted by molar-refractivity contribution is -0.117. The van der Waals surface area contributed by atoms with Crippen molar-refractivity contribution >= 4 is 17.4 Å². The lowest BCUT2D eigenvalue weighted by atomic mass is 10.1. The number of anilines is 1. The normalized spacial score (nSPS) is 10.1. The summed E-state index contributed by atoms with van der Waals surface area (Å²) in [6.45, 7) is 1.60. The summed E-state index contributed by atoms with van der Waals surface area (Å²) in [6.07, 6.45) is 6.73. The number of carbonyl (C=O) groups excluding carboxylic acids is 2. The number of hydrogen-bond donors (Lipinski definition) is 1. The van der Waals surface area contributed by atoms with Crippen LogP contribution in [-0.4, -0.2) is 21.7 Å². The SMILES string of the molecule is CC(=O)CCCc1ccc(NC(=O)c2cnccn2)cc1. The van der Waals surface area contributed by atoms with Crippen LogP contribution in [0, 0.1) is 0 Å². The molecule has 2 rings (SSSR count). The highest BCUT2D eigenvalue weighted by Gasteiger charge is 2.07. The topological polar surface area (TPSA) is 72.0 Å². The summed E-state index contributed by atoms with van der Waals surface area (Å²) >= 11 is 0. The van der Waals surface area contributed by atoms with Crippen LogP contribution in [0.2, 0.25) is 0 Å². The Morgan fingerprint density at radius 3 is 2.52 bits per heavy atom. The van der Waals surface area contributed by atoms with Gasteiger partial charge < -0.3 is 10.1 Å². The highest BCUT2D eigenvalue weighted by atomic mass is 16.2. The molecule has 2 aromatic rings. The zero-order valence-electron chi connectivity index (χ0n) is 11.9. The van der Waals surface area contributed by atoms with Gasteiger partial charge in [-0.05, 0) is 37.5 Å². The average molecular weight is 283 g/mol. The predicted molar refractivity (Wildman–Crippen MR) is 80.0 cm³/mol. The summed E-state index contributed by atoms with van der Waals surface area (Å²) in [5, 5.41) is 2.76. The number of aryl methyl sites for hydroxylation is 1. The Balaban J connectivity index is 1.90. The second kappa shape index (κ2) is 7.28. The van der Waals surface area contributed by atoms with Gasteiger partial charge in [0.05, 0.1) is 6.20 Å². The smallest absolute Gasteiger partial charge is 0.275 e. The summed E-state index contributed by atoms with van der Waals surface area (Å²) in [5.74, 6) is -0.0738. The first-order chi connectivity index (χ1) is 10.1. The van der Waals surface area contributed by atoms with Crippen LogP contribution >= 0.6 is 0 Å². The number of carbonyl (C=O) groups is 2. The third kappa shape index (κ3) is 4.80. The first-order valence-corrected chi connectivity index (χ1v) is 6.81. The number of Topliss-reactive ketones (excluding diaryl/α,β-unsaturated/α-hetero) is 1. The fraction of sp³-hybridized carbons (Fsp3) is 0.250. The van der Waals surface area contributed by atoms with Gasteiger partial charge in [-0.1, -0.05) is 12.1 Å². The van der Waals surface area contributed by atoms with Crippen LogP contribution in [0.15, 0.2) is 42.9 Å². The van der Waals surface area contributed by atoms with Crippen LogP contribution in [0.3, 0.4) is 0 Å². The maximum Gasteiger partial charge on any atom is 0.275 e. The molecule has 0 aliphatic rings. The number of nitrogens with one attached hydrogen (secondary N) is 1. The number of nitrogens with zero attached hydrogens (tertiary/aromatic N) is 2. The number of hydrogen-bond acceptors (Lipinski definition) is 4. The van der Waals surface area contributed by atoms with E-state index >= 15 is 0 Å². The molecule has 5 nitrogen and oxygen atoms in total. The maximum absolute atomic E-state index is 11.9. The van der Waals surface area contributed by atoms with Crippen LogP contribution in [0.5, 0.6) is 0 Å². The molecule has 21 heavy (non-hydrogen) atoms. The van der Waals surface area contributed by atoms with E-state index in [0.29, 0.717) is 12.1 Å². The van der Waals surface area contributed by atoms with Gasteiger partial charge in [0.15, 0.2) is 0 Å². The van der Waals surface area contributed by atoms with Crippen LogP contribution in [0.4, 0.5) is 5.69 Å². The molecule has 0 unspecified atom stereocenters. The molecule has 0 saturated heterocycles. The molecule has 108 valence electrons. The van der Waals surface area contributed by atoms with Gasteiger partial charge in [0, 0.05) is 24.5 Å². The second-order valence-electron chi connectivity index (χ2n) is 4.80. The molecule has 1 aromatic heterocycles. The Hall–Kier alpha value is -2.56. The van der Waals surface area contributed by atoms with Crippen molar-refractivity contribution in [3.05, 3.63) is 54.1 Å². The minimum atomic E-state index is -0.285.